The van der Waals surface area contributed by atoms with Crippen LogP contribution in [0.1, 0.15) is 26.2 Å². The minimum atomic E-state index is -0.393. The van der Waals surface area contributed by atoms with Gasteiger partial charge in [-0.1, -0.05) is 19.1 Å². The number of carbonyl (C=O) groups is 1. The van der Waals surface area contributed by atoms with E-state index in [4.69, 9.17) is 10.5 Å². The molecule has 5 heteroatoms. The maximum Gasteiger partial charge on any atom is 0.220 e. The van der Waals surface area contributed by atoms with E-state index < -0.39 is 5.82 Å². The molecule has 1 amide bonds. The number of benzene rings is 1. The maximum absolute atomic E-state index is 13.4. The monoisotopic (exact) mass is 268 g/mol. The number of amides is 1. The summed E-state index contributed by atoms with van der Waals surface area (Å²) < 4.78 is 19.0. The number of hydrogen-bond donors (Lipinski definition) is 2. The first-order valence-electron chi connectivity index (χ1n) is 6.55. The van der Waals surface area contributed by atoms with E-state index in [0.29, 0.717) is 32.4 Å². The first-order valence-corrected chi connectivity index (χ1v) is 6.55. The predicted octanol–water partition coefficient (Wildman–Crippen LogP) is 1.84. The first-order chi connectivity index (χ1) is 9.17. The van der Waals surface area contributed by atoms with Crippen molar-refractivity contribution in [1.29, 1.82) is 0 Å². The summed E-state index contributed by atoms with van der Waals surface area (Å²) in [7, 11) is 0. The van der Waals surface area contributed by atoms with Crippen LogP contribution in [0.4, 0.5) is 4.39 Å². The summed E-state index contributed by atoms with van der Waals surface area (Å²) in [5.41, 5.74) is 5.33. The number of rotatable bonds is 8. The lowest BCUT2D eigenvalue weighted by Crippen LogP contribution is -2.35. The van der Waals surface area contributed by atoms with Gasteiger partial charge in [0, 0.05) is 6.42 Å². The van der Waals surface area contributed by atoms with Crippen LogP contribution in [-0.2, 0) is 4.79 Å². The predicted molar refractivity (Wildman–Crippen MR) is 72.4 cm³/mol. The van der Waals surface area contributed by atoms with Gasteiger partial charge >= 0.3 is 0 Å². The highest BCUT2D eigenvalue weighted by atomic mass is 19.1. The fourth-order valence-corrected chi connectivity index (χ4v) is 1.57. The van der Waals surface area contributed by atoms with E-state index in [1.54, 1.807) is 18.2 Å². The molecule has 106 valence electrons. The topological polar surface area (TPSA) is 64.4 Å². The van der Waals surface area contributed by atoms with Crippen molar-refractivity contribution in [2.24, 2.45) is 5.73 Å². The van der Waals surface area contributed by atoms with E-state index in [0.717, 1.165) is 0 Å². The Bertz CT molecular complexity index is 399. The van der Waals surface area contributed by atoms with Crippen LogP contribution >= 0.6 is 0 Å². The molecule has 3 N–H and O–H groups in total. The minimum Gasteiger partial charge on any atom is -0.486 e. The number of hydrogen-bond acceptors (Lipinski definition) is 3. The van der Waals surface area contributed by atoms with Crippen LogP contribution in [0.2, 0.25) is 0 Å². The average Bonchev–Trinajstić information content (AvgIpc) is 2.43. The Morgan fingerprint density at radius 2 is 2.21 bits per heavy atom. The third kappa shape index (κ3) is 5.70. The third-order valence-corrected chi connectivity index (χ3v) is 2.72. The Labute approximate surface area is 113 Å². The van der Waals surface area contributed by atoms with Crippen LogP contribution in [0.15, 0.2) is 24.3 Å². The van der Waals surface area contributed by atoms with Gasteiger partial charge in [-0.05, 0) is 31.5 Å². The van der Waals surface area contributed by atoms with Crippen molar-refractivity contribution in [3.05, 3.63) is 30.1 Å². The molecule has 0 radical (unpaired) electrons. The molecular weight excluding hydrogens is 247 g/mol. The Hall–Kier alpha value is -1.62. The van der Waals surface area contributed by atoms with Gasteiger partial charge in [0.25, 0.3) is 0 Å². The molecule has 0 bridgehead atoms. The van der Waals surface area contributed by atoms with Gasteiger partial charge in [0.2, 0.25) is 5.91 Å². The van der Waals surface area contributed by atoms with Crippen molar-refractivity contribution < 1.29 is 13.9 Å². The molecule has 0 aliphatic carbocycles. The van der Waals surface area contributed by atoms with E-state index in [9.17, 15) is 9.18 Å². The lowest BCUT2D eigenvalue weighted by molar-refractivity contribution is -0.121. The molecule has 1 rings (SSSR count). The molecule has 19 heavy (non-hydrogen) atoms. The van der Waals surface area contributed by atoms with Gasteiger partial charge in [0.15, 0.2) is 11.6 Å². The van der Waals surface area contributed by atoms with Gasteiger partial charge < -0.3 is 15.8 Å². The largest absolute Gasteiger partial charge is 0.486 e. The van der Waals surface area contributed by atoms with Crippen molar-refractivity contribution in [3.63, 3.8) is 0 Å². The highest BCUT2D eigenvalue weighted by Crippen LogP contribution is 2.17. The first kappa shape index (κ1) is 15.4. The van der Waals surface area contributed by atoms with E-state index in [2.05, 4.69) is 5.32 Å². The lowest BCUT2D eigenvalue weighted by atomic mass is 10.2. The fraction of sp³-hybridized carbons (Fsp3) is 0.500. The second-order valence-electron chi connectivity index (χ2n) is 4.27. The summed E-state index contributed by atoms with van der Waals surface area (Å²) >= 11 is 0. The summed E-state index contributed by atoms with van der Waals surface area (Å²) in [6, 6.07) is 6.25. The van der Waals surface area contributed by atoms with E-state index in [1.807, 2.05) is 6.92 Å². The molecule has 0 saturated carbocycles. The van der Waals surface area contributed by atoms with Gasteiger partial charge in [-0.3, -0.25) is 4.79 Å². The molecular formula is C14H21FN2O2. The summed E-state index contributed by atoms with van der Waals surface area (Å²) in [5.74, 6) is -0.234. The number of para-hydroxylation sites is 1. The fourth-order valence-electron chi connectivity index (χ4n) is 1.57. The van der Waals surface area contributed by atoms with E-state index >= 15 is 0 Å². The summed E-state index contributed by atoms with van der Waals surface area (Å²) in [6.45, 7) is 2.79. The normalized spacial score (nSPS) is 11.9. The van der Waals surface area contributed by atoms with Gasteiger partial charge in [-0.25, -0.2) is 4.39 Å². The van der Waals surface area contributed by atoms with Crippen LogP contribution < -0.4 is 15.8 Å². The molecule has 1 aromatic carbocycles. The summed E-state index contributed by atoms with van der Waals surface area (Å²) in [4.78, 5) is 11.4. The van der Waals surface area contributed by atoms with Crippen molar-refractivity contribution in [3.8, 4) is 5.75 Å². The molecule has 0 fully saturated rings. The second kappa shape index (κ2) is 8.48. The minimum absolute atomic E-state index is 0.0546. The van der Waals surface area contributed by atoms with Crippen molar-refractivity contribution in [1.82, 2.24) is 5.32 Å². The second-order valence-corrected chi connectivity index (χ2v) is 4.27. The molecule has 0 spiro atoms. The zero-order valence-electron chi connectivity index (χ0n) is 11.2. The summed E-state index contributed by atoms with van der Waals surface area (Å²) in [6.07, 6.45) is 1.52. The molecule has 0 saturated heterocycles. The number of halogens is 1. The van der Waals surface area contributed by atoms with Gasteiger partial charge in [-0.2, -0.15) is 0 Å². The van der Waals surface area contributed by atoms with E-state index in [1.165, 1.54) is 6.07 Å². The third-order valence-electron chi connectivity index (χ3n) is 2.72. The van der Waals surface area contributed by atoms with Gasteiger partial charge in [0.05, 0.1) is 6.54 Å². The zero-order valence-corrected chi connectivity index (χ0v) is 11.2. The average molecular weight is 268 g/mol. The lowest BCUT2D eigenvalue weighted by Gasteiger charge is -2.18. The quantitative estimate of drug-likeness (QED) is 0.756. The van der Waals surface area contributed by atoms with Crippen LogP contribution in [0.3, 0.4) is 0 Å². The van der Waals surface area contributed by atoms with Gasteiger partial charge in [0.1, 0.15) is 6.10 Å². The van der Waals surface area contributed by atoms with Crippen molar-refractivity contribution in [2.75, 3.05) is 13.1 Å². The van der Waals surface area contributed by atoms with Crippen molar-refractivity contribution in [2.45, 2.75) is 32.3 Å². The number of ether oxygens (including phenoxy) is 1. The molecule has 0 heterocycles. The van der Waals surface area contributed by atoms with Crippen LogP contribution in [0.5, 0.6) is 5.75 Å². The Morgan fingerprint density at radius 3 is 2.84 bits per heavy atom. The summed E-state index contributed by atoms with van der Waals surface area (Å²) in [5, 5.41) is 2.77. The molecule has 1 unspecified atom stereocenters. The zero-order chi connectivity index (χ0) is 14.1. The standard InChI is InChI=1S/C14H21FN2O2/c1-2-11(10-17-14(18)8-5-9-16)19-13-7-4-3-6-12(13)15/h3-4,6-7,11H,2,5,8-10,16H2,1H3,(H,17,18). The van der Waals surface area contributed by atoms with Crippen LogP contribution in [-0.4, -0.2) is 25.1 Å². The molecule has 0 aromatic heterocycles. The number of carbonyl (C=O) groups excluding carboxylic acids is 1. The Kier molecular flexibility index (Phi) is 6.89. The number of nitrogens with one attached hydrogen (secondary N) is 1. The van der Waals surface area contributed by atoms with Crippen LogP contribution in [0, 0.1) is 5.82 Å². The molecule has 4 nitrogen and oxygen atoms in total. The smallest absolute Gasteiger partial charge is 0.220 e. The van der Waals surface area contributed by atoms with Gasteiger partial charge in [-0.15, -0.1) is 0 Å². The molecule has 1 aromatic rings. The van der Waals surface area contributed by atoms with Crippen molar-refractivity contribution >= 4 is 5.91 Å². The van der Waals surface area contributed by atoms with Crippen LogP contribution in [0.25, 0.3) is 0 Å². The molecule has 1 atom stereocenters. The Balaban J connectivity index is 2.42. The molecule has 0 aliphatic rings. The maximum atomic E-state index is 13.4. The molecule has 0 aliphatic heterocycles. The SMILES string of the molecule is CCC(CNC(=O)CCCN)Oc1ccccc1F. The number of nitrogens with two attached hydrogens (primary N) is 1. The highest BCUT2D eigenvalue weighted by Gasteiger charge is 2.12. The Morgan fingerprint density at radius 1 is 1.47 bits per heavy atom. The highest BCUT2D eigenvalue weighted by molar-refractivity contribution is 5.75. The van der Waals surface area contributed by atoms with E-state index in [-0.39, 0.29) is 17.8 Å².